The molecule has 2 aromatic rings. The van der Waals surface area contributed by atoms with Gasteiger partial charge in [0.05, 0.1) is 6.54 Å². The Labute approximate surface area is 133 Å². The topological polar surface area (TPSA) is 39.1 Å². The van der Waals surface area contributed by atoms with Crippen LogP contribution in [0.3, 0.4) is 0 Å². The minimum absolute atomic E-state index is 0.647. The van der Waals surface area contributed by atoms with E-state index in [1.165, 1.54) is 18.4 Å². The Bertz CT molecular complexity index is 607. The zero-order chi connectivity index (χ0) is 14.7. The molecule has 0 spiro atoms. The Hall–Kier alpha value is -1.33. The molecular weight excluding hydrogens is 330 g/mol. The number of ether oxygens (including phenoxy) is 1. The first-order valence-corrected chi connectivity index (χ1v) is 8.14. The van der Waals surface area contributed by atoms with Crippen LogP contribution in [0, 0.1) is 6.92 Å². The maximum Gasteiger partial charge on any atom is 0.119 e. The summed E-state index contributed by atoms with van der Waals surface area (Å²) >= 11 is 3.60. The summed E-state index contributed by atoms with van der Waals surface area (Å²) in [6.07, 6.45) is 6.40. The fourth-order valence-corrected chi connectivity index (χ4v) is 2.61. The number of benzene rings is 1. The fourth-order valence-electron chi connectivity index (χ4n) is 2.22. The van der Waals surface area contributed by atoms with Gasteiger partial charge >= 0.3 is 0 Å². The molecule has 112 valence electrons. The van der Waals surface area contributed by atoms with Crippen LogP contribution < -0.4 is 10.1 Å². The van der Waals surface area contributed by atoms with Crippen molar-refractivity contribution in [2.24, 2.45) is 0 Å². The molecule has 0 saturated heterocycles. The average Bonchev–Trinajstić information content (AvgIpc) is 3.22. The highest BCUT2D eigenvalue weighted by molar-refractivity contribution is 9.10. The molecule has 0 radical (unpaired) electrons. The Balaban J connectivity index is 1.54. The smallest absolute Gasteiger partial charge is 0.119 e. The lowest BCUT2D eigenvalue weighted by atomic mass is 10.2. The monoisotopic (exact) mass is 349 g/mol. The molecule has 21 heavy (non-hydrogen) atoms. The van der Waals surface area contributed by atoms with E-state index in [-0.39, 0.29) is 0 Å². The zero-order valence-corrected chi connectivity index (χ0v) is 13.8. The van der Waals surface area contributed by atoms with Crippen LogP contribution >= 0.6 is 15.9 Å². The third-order valence-corrected chi connectivity index (χ3v) is 4.47. The van der Waals surface area contributed by atoms with Gasteiger partial charge in [0.1, 0.15) is 18.2 Å². The minimum Gasteiger partial charge on any atom is -0.492 e. The molecule has 1 aromatic carbocycles. The van der Waals surface area contributed by atoms with Gasteiger partial charge in [-0.05, 0) is 43.5 Å². The van der Waals surface area contributed by atoms with Crippen LogP contribution in [-0.2, 0) is 13.1 Å². The molecule has 1 aliphatic rings. The van der Waals surface area contributed by atoms with Gasteiger partial charge in [-0.25, -0.2) is 4.98 Å². The van der Waals surface area contributed by atoms with E-state index in [0.29, 0.717) is 12.6 Å². The van der Waals surface area contributed by atoms with E-state index in [9.17, 15) is 0 Å². The molecule has 0 unspecified atom stereocenters. The van der Waals surface area contributed by atoms with Gasteiger partial charge < -0.3 is 14.6 Å². The Kier molecular flexibility index (Phi) is 4.60. The number of aromatic nitrogens is 2. The molecule has 1 fully saturated rings. The lowest BCUT2D eigenvalue weighted by molar-refractivity contribution is 0.296. The number of hydrogen-bond acceptors (Lipinski definition) is 3. The number of aryl methyl sites for hydroxylation is 1. The van der Waals surface area contributed by atoms with Crippen LogP contribution in [0.1, 0.15) is 24.2 Å². The van der Waals surface area contributed by atoms with E-state index in [1.54, 1.807) is 0 Å². The van der Waals surface area contributed by atoms with Crippen molar-refractivity contribution in [2.45, 2.75) is 38.9 Å². The van der Waals surface area contributed by atoms with Gasteiger partial charge in [0.15, 0.2) is 0 Å². The van der Waals surface area contributed by atoms with E-state index in [2.05, 4.69) is 42.9 Å². The van der Waals surface area contributed by atoms with Gasteiger partial charge in [-0.1, -0.05) is 15.9 Å². The first-order valence-electron chi connectivity index (χ1n) is 7.35. The van der Waals surface area contributed by atoms with Crippen molar-refractivity contribution in [1.82, 2.24) is 14.9 Å². The van der Waals surface area contributed by atoms with E-state index >= 15 is 0 Å². The van der Waals surface area contributed by atoms with Crippen molar-refractivity contribution in [3.8, 4) is 5.75 Å². The second-order valence-electron chi connectivity index (χ2n) is 5.42. The number of nitrogens with one attached hydrogen (secondary N) is 1. The maximum absolute atomic E-state index is 5.86. The van der Waals surface area contributed by atoms with Gasteiger partial charge in [-0.15, -0.1) is 0 Å². The lowest BCUT2D eigenvalue weighted by Crippen LogP contribution is -2.15. The molecule has 0 atom stereocenters. The molecule has 4 nitrogen and oxygen atoms in total. The molecule has 1 aliphatic carbocycles. The Morgan fingerprint density at radius 2 is 2.29 bits per heavy atom. The van der Waals surface area contributed by atoms with Crippen molar-refractivity contribution in [3.05, 3.63) is 46.5 Å². The summed E-state index contributed by atoms with van der Waals surface area (Å²) < 4.78 is 9.08. The molecule has 1 N–H and O–H groups in total. The van der Waals surface area contributed by atoms with E-state index in [1.807, 2.05) is 25.4 Å². The van der Waals surface area contributed by atoms with Crippen molar-refractivity contribution in [1.29, 1.82) is 0 Å². The molecule has 1 saturated carbocycles. The number of rotatable bonds is 7. The third-order valence-electron chi connectivity index (χ3n) is 3.70. The van der Waals surface area contributed by atoms with Crippen LogP contribution in [0.5, 0.6) is 5.75 Å². The molecule has 0 bridgehead atoms. The van der Waals surface area contributed by atoms with Crippen molar-refractivity contribution < 1.29 is 4.74 Å². The summed E-state index contributed by atoms with van der Waals surface area (Å²) in [6.45, 7) is 4.36. The van der Waals surface area contributed by atoms with Gasteiger partial charge in [0, 0.05) is 29.5 Å². The highest BCUT2D eigenvalue weighted by atomic mass is 79.9. The zero-order valence-electron chi connectivity index (χ0n) is 12.2. The Morgan fingerprint density at radius 3 is 3.00 bits per heavy atom. The van der Waals surface area contributed by atoms with E-state index in [4.69, 9.17) is 4.74 Å². The van der Waals surface area contributed by atoms with Crippen LogP contribution in [0.15, 0.2) is 35.1 Å². The number of hydrogen-bond donors (Lipinski definition) is 1. The summed E-state index contributed by atoms with van der Waals surface area (Å²) in [5.41, 5.74) is 1.25. The highest BCUT2D eigenvalue weighted by Crippen LogP contribution is 2.25. The molecular formula is C16H20BrN3O. The normalized spacial score (nSPS) is 14.4. The summed E-state index contributed by atoms with van der Waals surface area (Å²) in [5, 5.41) is 3.53. The summed E-state index contributed by atoms with van der Waals surface area (Å²) in [4.78, 5) is 4.21. The average molecular weight is 350 g/mol. The van der Waals surface area contributed by atoms with Gasteiger partial charge in [-0.3, -0.25) is 0 Å². The van der Waals surface area contributed by atoms with Crippen LogP contribution in [0.4, 0.5) is 0 Å². The standard InChI is InChI=1S/C16H20BrN3O/c1-12-18-6-7-20(12)8-9-21-15-4-5-16(17)13(10-15)11-19-14-2-3-14/h4-7,10,14,19H,2-3,8-9,11H2,1H3. The summed E-state index contributed by atoms with van der Waals surface area (Å²) in [7, 11) is 0. The van der Waals surface area contributed by atoms with Crippen molar-refractivity contribution in [3.63, 3.8) is 0 Å². The Morgan fingerprint density at radius 1 is 1.43 bits per heavy atom. The van der Waals surface area contributed by atoms with Crippen LogP contribution in [0.2, 0.25) is 0 Å². The molecule has 1 heterocycles. The van der Waals surface area contributed by atoms with E-state index < -0.39 is 0 Å². The third kappa shape index (κ3) is 4.08. The molecule has 0 amide bonds. The number of halogens is 1. The van der Waals surface area contributed by atoms with Crippen LogP contribution in [-0.4, -0.2) is 22.2 Å². The first-order chi connectivity index (χ1) is 10.2. The largest absolute Gasteiger partial charge is 0.492 e. The summed E-state index contributed by atoms with van der Waals surface area (Å²) in [6, 6.07) is 6.89. The quantitative estimate of drug-likeness (QED) is 0.833. The second kappa shape index (κ2) is 6.62. The molecule has 5 heteroatoms. The van der Waals surface area contributed by atoms with Gasteiger partial charge in [0.25, 0.3) is 0 Å². The predicted octanol–water partition coefficient (Wildman–Crippen LogP) is 3.29. The number of imidazole rings is 1. The fraction of sp³-hybridized carbons (Fsp3) is 0.438. The molecule has 0 aliphatic heterocycles. The first kappa shape index (κ1) is 14.6. The maximum atomic E-state index is 5.86. The van der Waals surface area contributed by atoms with Crippen molar-refractivity contribution in [2.75, 3.05) is 6.61 Å². The van der Waals surface area contributed by atoms with Gasteiger partial charge in [0.2, 0.25) is 0 Å². The SMILES string of the molecule is Cc1nccn1CCOc1ccc(Br)c(CNC2CC2)c1. The van der Waals surface area contributed by atoms with Gasteiger partial charge in [-0.2, -0.15) is 0 Å². The number of nitrogens with zero attached hydrogens (tertiary/aromatic N) is 2. The van der Waals surface area contributed by atoms with Crippen LogP contribution in [0.25, 0.3) is 0 Å². The second-order valence-corrected chi connectivity index (χ2v) is 6.28. The van der Waals surface area contributed by atoms with E-state index in [0.717, 1.165) is 29.1 Å². The minimum atomic E-state index is 0.647. The lowest BCUT2D eigenvalue weighted by Gasteiger charge is -2.11. The highest BCUT2D eigenvalue weighted by Gasteiger charge is 2.20. The summed E-state index contributed by atoms with van der Waals surface area (Å²) in [5.74, 6) is 1.94. The molecule has 1 aromatic heterocycles. The van der Waals surface area contributed by atoms with Crippen molar-refractivity contribution >= 4 is 15.9 Å². The predicted molar refractivity (Wildman–Crippen MR) is 86.5 cm³/mol. The molecule has 3 rings (SSSR count).